The fraction of sp³-hybridized carbons (Fsp3) is 0.700. The van der Waals surface area contributed by atoms with Crippen LogP contribution in [0.3, 0.4) is 0 Å². The van der Waals surface area contributed by atoms with Crippen molar-refractivity contribution in [1.29, 1.82) is 0 Å². The van der Waals surface area contributed by atoms with E-state index in [1.807, 2.05) is 12.1 Å². The Bertz CT molecular complexity index is 1390. The molecule has 4 saturated carbocycles. The van der Waals surface area contributed by atoms with E-state index in [4.69, 9.17) is 5.73 Å². The molecule has 1 aromatic carbocycles. The van der Waals surface area contributed by atoms with Gasteiger partial charge in [0.2, 0.25) is 5.91 Å². The summed E-state index contributed by atoms with van der Waals surface area (Å²) in [5.74, 6) is 1.94. The Hall–Kier alpha value is -2.40. The number of benzene rings is 1. The lowest BCUT2D eigenvalue weighted by molar-refractivity contribution is -0.225. The van der Waals surface area contributed by atoms with Gasteiger partial charge in [-0.25, -0.2) is 4.79 Å². The maximum atomic E-state index is 14.1. The normalized spacial score (nSPS) is 41.5. The van der Waals surface area contributed by atoms with E-state index in [1.54, 1.807) is 12.1 Å². The summed E-state index contributed by atoms with van der Waals surface area (Å²) < 4.78 is 0. The van der Waals surface area contributed by atoms with Crippen LogP contribution < -0.4 is 11.1 Å². The zero-order valence-electron chi connectivity index (χ0n) is 28.8. The molecular weight excluding hydrogens is 556 g/mol. The van der Waals surface area contributed by atoms with Crippen LogP contribution in [0.15, 0.2) is 42.5 Å². The van der Waals surface area contributed by atoms with Gasteiger partial charge in [0.25, 0.3) is 0 Å². The van der Waals surface area contributed by atoms with E-state index in [1.165, 1.54) is 36.8 Å². The summed E-state index contributed by atoms with van der Waals surface area (Å²) in [4.78, 5) is 25.6. The minimum Gasteiger partial charge on any atom is -0.478 e. The van der Waals surface area contributed by atoms with E-state index in [0.717, 1.165) is 44.1 Å². The van der Waals surface area contributed by atoms with Crippen molar-refractivity contribution in [2.45, 2.75) is 106 Å². The van der Waals surface area contributed by atoms with Crippen LogP contribution in [0.4, 0.5) is 0 Å². The number of carboxylic acids is 1. The molecule has 0 aromatic heterocycles. The molecule has 0 saturated heterocycles. The van der Waals surface area contributed by atoms with Crippen molar-refractivity contribution in [2.75, 3.05) is 13.1 Å². The highest BCUT2D eigenvalue weighted by molar-refractivity contribution is 5.88. The Balaban J connectivity index is 1.34. The van der Waals surface area contributed by atoms with Gasteiger partial charge in [-0.3, -0.25) is 4.79 Å². The molecule has 5 aliphatic rings. The number of hydrogen-bond acceptors (Lipinski definition) is 3. The lowest BCUT2D eigenvalue weighted by Gasteiger charge is -2.72. The van der Waals surface area contributed by atoms with E-state index < -0.39 is 5.97 Å². The third-order valence-corrected chi connectivity index (χ3v) is 15.2. The Morgan fingerprint density at radius 1 is 0.933 bits per heavy atom. The van der Waals surface area contributed by atoms with Crippen molar-refractivity contribution in [1.82, 2.24) is 5.32 Å². The van der Waals surface area contributed by atoms with Crippen LogP contribution >= 0.6 is 0 Å². The summed E-state index contributed by atoms with van der Waals surface area (Å²) in [5.41, 5.74) is 10.3. The fourth-order valence-corrected chi connectivity index (χ4v) is 12.9. The molecule has 9 atom stereocenters. The van der Waals surface area contributed by atoms with Gasteiger partial charge < -0.3 is 16.2 Å². The lowest BCUT2D eigenvalue weighted by Crippen LogP contribution is -2.66. The van der Waals surface area contributed by atoms with Crippen LogP contribution in [-0.2, 0) is 4.79 Å². The molecule has 0 bridgehead atoms. The largest absolute Gasteiger partial charge is 0.478 e. The van der Waals surface area contributed by atoms with E-state index >= 15 is 0 Å². The maximum absolute atomic E-state index is 14.1. The SMILES string of the molecule is C=C(C)[C@@H]1CC[C@]2(C(=O)NCCCN)CC[C@]3(C)[C@H](CC[C@@H]4[C@@]5(C)CC=C(c6ccc(C(=O)O)cc6)C(C)(C)[C@@H]5CC[C@]43C)[C@@H]12. The Morgan fingerprint density at radius 2 is 1.64 bits per heavy atom. The molecule has 5 nitrogen and oxygen atoms in total. The molecule has 1 aromatic rings. The van der Waals surface area contributed by atoms with E-state index in [-0.39, 0.29) is 33.0 Å². The summed E-state index contributed by atoms with van der Waals surface area (Å²) in [5, 5.41) is 12.8. The summed E-state index contributed by atoms with van der Waals surface area (Å²) >= 11 is 0. The van der Waals surface area contributed by atoms with Crippen molar-refractivity contribution < 1.29 is 14.7 Å². The van der Waals surface area contributed by atoms with Gasteiger partial charge in [-0.2, -0.15) is 0 Å². The molecule has 45 heavy (non-hydrogen) atoms. The van der Waals surface area contributed by atoms with Crippen molar-refractivity contribution >= 4 is 17.4 Å². The van der Waals surface area contributed by atoms with Crippen molar-refractivity contribution in [3.05, 3.63) is 53.6 Å². The smallest absolute Gasteiger partial charge is 0.335 e. The van der Waals surface area contributed by atoms with Crippen LogP contribution in [-0.4, -0.2) is 30.1 Å². The number of hydrogen-bond donors (Lipinski definition) is 3. The number of aromatic carboxylic acids is 1. The standard InChI is InChI=1S/C40H58N2O3/c1-25(2)28-15-20-40(35(45)42-24-8-23-41)22-21-38(6)30(33(28)40)13-14-32-37(5)18-16-29(26-9-11-27(12-10-26)34(43)44)36(3,4)31(37)17-19-39(32,38)7/h9-12,16,28,30-33H,1,8,13-15,17-24,41H2,2-7H3,(H,42,45)(H,43,44)/t28-,30+,31-,32+,33+,37-,38+,39+,40-/m0/s1. The number of nitrogens with two attached hydrogens (primary N) is 1. The van der Waals surface area contributed by atoms with Gasteiger partial charge >= 0.3 is 5.97 Å². The molecule has 0 spiro atoms. The summed E-state index contributed by atoms with van der Waals surface area (Å²) in [6, 6.07) is 7.54. The number of amides is 1. The average Bonchev–Trinajstić information content (AvgIpc) is 3.39. The number of rotatable bonds is 7. The second-order valence-electron chi connectivity index (χ2n) is 17.2. The zero-order valence-corrected chi connectivity index (χ0v) is 28.8. The minimum atomic E-state index is -0.874. The first-order chi connectivity index (χ1) is 21.2. The Kier molecular flexibility index (Phi) is 8.03. The van der Waals surface area contributed by atoms with Crippen LogP contribution in [0, 0.1) is 56.7 Å². The molecule has 4 fully saturated rings. The van der Waals surface area contributed by atoms with Gasteiger partial charge in [0.05, 0.1) is 11.0 Å². The molecule has 5 heteroatoms. The first kappa shape index (κ1) is 32.5. The summed E-state index contributed by atoms with van der Waals surface area (Å²) in [6.45, 7) is 20.8. The number of fused-ring (bicyclic) bond motifs is 7. The molecule has 0 heterocycles. The number of carbonyl (C=O) groups excluding carboxylic acids is 1. The fourth-order valence-electron chi connectivity index (χ4n) is 12.9. The van der Waals surface area contributed by atoms with Gasteiger partial charge in [0, 0.05) is 6.54 Å². The zero-order chi connectivity index (χ0) is 32.6. The molecule has 0 unspecified atom stereocenters. The number of carboxylic acid groups (broad SMARTS) is 1. The van der Waals surface area contributed by atoms with E-state index in [2.05, 4.69) is 59.5 Å². The van der Waals surface area contributed by atoms with Gasteiger partial charge in [-0.15, -0.1) is 0 Å². The molecule has 6 rings (SSSR count). The van der Waals surface area contributed by atoms with Crippen LogP contribution in [0.5, 0.6) is 0 Å². The third-order valence-electron chi connectivity index (χ3n) is 15.2. The van der Waals surface area contributed by atoms with Crippen molar-refractivity contribution in [3.63, 3.8) is 0 Å². The molecule has 0 aliphatic heterocycles. The highest BCUT2D eigenvalue weighted by Gasteiger charge is 2.71. The quantitative estimate of drug-likeness (QED) is 0.212. The first-order valence-electron chi connectivity index (χ1n) is 17.9. The van der Waals surface area contributed by atoms with Gasteiger partial charge in [0.1, 0.15) is 0 Å². The predicted molar refractivity (Wildman–Crippen MR) is 182 cm³/mol. The maximum Gasteiger partial charge on any atom is 0.335 e. The number of nitrogens with one attached hydrogen (secondary N) is 1. The molecule has 0 radical (unpaired) electrons. The Morgan fingerprint density at radius 3 is 2.29 bits per heavy atom. The minimum absolute atomic E-state index is 0.00331. The predicted octanol–water partition coefficient (Wildman–Crippen LogP) is 8.50. The van der Waals surface area contributed by atoms with Crippen LogP contribution in [0.1, 0.15) is 122 Å². The number of allylic oxidation sites excluding steroid dienone is 3. The molecule has 5 aliphatic carbocycles. The average molecular weight is 615 g/mol. The Labute approximate surface area is 271 Å². The van der Waals surface area contributed by atoms with Crippen LogP contribution in [0.25, 0.3) is 5.57 Å². The second kappa shape index (κ2) is 11.1. The summed E-state index contributed by atoms with van der Waals surface area (Å²) in [6.07, 6.45) is 13.5. The highest BCUT2D eigenvalue weighted by atomic mass is 16.4. The molecule has 246 valence electrons. The second-order valence-corrected chi connectivity index (χ2v) is 17.2. The van der Waals surface area contributed by atoms with Gasteiger partial charge in [-0.1, -0.05) is 65.0 Å². The molecule has 4 N–H and O–H groups in total. The van der Waals surface area contributed by atoms with Gasteiger partial charge in [-0.05, 0) is 152 Å². The molecular formula is C40H58N2O3. The van der Waals surface area contributed by atoms with Crippen molar-refractivity contribution in [3.8, 4) is 0 Å². The first-order valence-corrected chi connectivity index (χ1v) is 17.9. The molecule has 1 amide bonds. The lowest BCUT2D eigenvalue weighted by atomic mass is 9.32. The third kappa shape index (κ3) is 4.56. The summed E-state index contributed by atoms with van der Waals surface area (Å²) in [7, 11) is 0. The van der Waals surface area contributed by atoms with E-state index in [0.29, 0.717) is 48.2 Å². The monoisotopic (exact) mass is 614 g/mol. The number of carbonyl (C=O) groups is 2. The van der Waals surface area contributed by atoms with Gasteiger partial charge in [0.15, 0.2) is 0 Å². The van der Waals surface area contributed by atoms with E-state index in [9.17, 15) is 14.7 Å². The highest BCUT2D eigenvalue weighted by Crippen LogP contribution is 2.77. The van der Waals surface area contributed by atoms with Crippen molar-refractivity contribution in [2.24, 2.45) is 62.4 Å². The topological polar surface area (TPSA) is 92.4 Å². The van der Waals surface area contributed by atoms with Crippen LogP contribution in [0.2, 0.25) is 0 Å².